The van der Waals surface area contributed by atoms with Crippen molar-refractivity contribution in [3.8, 4) is 0 Å². The molecule has 1 saturated heterocycles. The van der Waals surface area contributed by atoms with Gasteiger partial charge in [-0.3, -0.25) is 9.36 Å². The van der Waals surface area contributed by atoms with Crippen molar-refractivity contribution in [2.75, 3.05) is 13.2 Å². The zero-order chi connectivity index (χ0) is 22.0. The Labute approximate surface area is 180 Å². The monoisotopic (exact) mass is 489 g/mol. The van der Waals surface area contributed by atoms with Gasteiger partial charge in [0.05, 0.1) is 13.2 Å². The SMILES string of the molecule is CCOP(=O)(OCC)[C@@H]1C(=O)N(C(=O)OC(C)(C)C)[C@H](C)[C@H]1c1ccc(Br)cc1. The van der Waals surface area contributed by atoms with E-state index >= 15 is 0 Å². The van der Waals surface area contributed by atoms with Crippen LogP contribution >= 0.6 is 23.5 Å². The predicted octanol–water partition coefficient (Wildman–Crippen LogP) is 5.33. The molecule has 1 aromatic carbocycles. The third-order valence-corrected chi connectivity index (χ3v) is 7.55. The molecule has 2 rings (SSSR count). The number of ether oxygens (including phenoxy) is 1. The van der Waals surface area contributed by atoms with Gasteiger partial charge in [0.25, 0.3) is 0 Å². The maximum absolute atomic E-state index is 13.6. The zero-order valence-electron chi connectivity index (χ0n) is 17.7. The lowest BCUT2D eigenvalue weighted by Crippen LogP contribution is -2.42. The minimum Gasteiger partial charge on any atom is -0.443 e. The van der Waals surface area contributed by atoms with Crippen LogP contribution in [-0.4, -0.2) is 47.4 Å². The van der Waals surface area contributed by atoms with Gasteiger partial charge >= 0.3 is 13.7 Å². The van der Waals surface area contributed by atoms with Crippen molar-refractivity contribution in [1.29, 1.82) is 0 Å². The predicted molar refractivity (Wildman–Crippen MR) is 114 cm³/mol. The quantitative estimate of drug-likeness (QED) is 0.502. The highest BCUT2D eigenvalue weighted by Crippen LogP contribution is 2.61. The van der Waals surface area contributed by atoms with Gasteiger partial charge in [-0.05, 0) is 59.2 Å². The van der Waals surface area contributed by atoms with E-state index in [0.29, 0.717) is 0 Å². The van der Waals surface area contributed by atoms with Gasteiger partial charge in [-0.1, -0.05) is 28.1 Å². The second-order valence-electron chi connectivity index (χ2n) is 7.83. The van der Waals surface area contributed by atoms with Gasteiger partial charge in [0.1, 0.15) is 11.3 Å². The molecule has 3 atom stereocenters. The Morgan fingerprint density at radius 1 is 1.14 bits per heavy atom. The van der Waals surface area contributed by atoms with E-state index in [0.717, 1.165) is 14.9 Å². The summed E-state index contributed by atoms with van der Waals surface area (Å²) in [6.07, 6.45) is -0.765. The Morgan fingerprint density at radius 3 is 2.10 bits per heavy atom. The van der Waals surface area contributed by atoms with Crippen LogP contribution in [0.3, 0.4) is 0 Å². The van der Waals surface area contributed by atoms with E-state index in [-0.39, 0.29) is 13.2 Å². The summed E-state index contributed by atoms with van der Waals surface area (Å²) < 4.78 is 30.9. The molecule has 162 valence electrons. The van der Waals surface area contributed by atoms with E-state index in [9.17, 15) is 14.2 Å². The van der Waals surface area contributed by atoms with Gasteiger partial charge in [-0.2, -0.15) is 0 Å². The molecule has 1 heterocycles. The highest BCUT2D eigenvalue weighted by Gasteiger charge is 2.59. The number of hydrogen-bond acceptors (Lipinski definition) is 6. The molecule has 0 saturated carbocycles. The first-order valence-electron chi connectivity index (χ1n) is 9.65. The Bertz CT molecular complexity index is 781. The van der Waals surface area contributed by atoms with Gasteiger partial charge < -0.3 is 13.8 Å². The molecule has 1 aliphatic rings. The second-order valence-corrected chi connectivity index (χ2v) is 10.9. The molecule has 0 bridgehead atoms. The van der Waals surface area contributed by atoms with Crippen LogP contribution < -0.4 is 0 Å². The molecule has 0 N–H and O–H groups in total. The van der Waals surface area contributed by atoms with E-state index in [4.69, 9.17) is 13.8 Å². The molecule has 0 radical (unpaired) electrons. The highest BCUT2D eigenvalue weighted by molar-refractivity contribution is 9.10. The van der Waals surface area contributed by atoms with Crippen LogP contribution in [0.15, 0.2) is 28.7 Å². The van der Waals surface area contributed by atoms with E-state index in [1.165, 1.54) is 0 Å². The molecule has 1 aromatic rings. The van der Waals surface area contributed by atoms with Gasteiger partial charge in [0, 0.05) is 16.4 Å². The first kappa shape index (κ1) is 24.1. The first-order valence-corrected chi connectivity index (χ1v) is 12.1. The molecule has 0 aliphatic carbocycles. The summed E-state index contributed by atoms with van der Waals surface area (Å²) in [4.78, 5) is 27.2. The molecule has 7 nitrogen and oxygen atoms in total. The Balaban J connectivity index is 2.56. The Hall–Kier alpha value is -1.21. The third kappa shape index (κ3) is 5.29. The van der Waals surface area contributed by atoms with E-state index in [2.05, 4.69) is 15.9 Å². The van der Waals surface area contributed by atoms with E-state index in [1.807, 2.05) is 24.3 Å². The summed E-state index contributed by atoms with van der Waals surface area (Å²) in [6.45, 7) is 10.5. The smallest absolute Gasteiger partial charge is 0.417 e. The first-order chi connectivity index (χ1) is 13.4. The number of benzene rings is 1. The fraction of sp³-hybridized carbons (Fsp3) is 0.600. The summed E-state index contributed by atoms with van der Waals surface area (Å²) >= 11 is 3.40. The lowest BCUT2D eigenvalue weighted by Gasteiger charge is -2.27. The summed E-state index contributed by atoms with van der Waals surface area (Å²) in [5.74, 6) is -1.17. The van der Waals surface area contributed by atoms with Crippen molar-refractivity contribution < 1.29 is 27.9 Å². The van der Waals surface area contributed by atoms with Crippen LogP contribution in [-0.2, 0) is 23.1 Å². The average molecular weight is 490 g/mol. The molecular weight excluding hydrogens is 461 g/mol. The number of carbonyl (C=O) groups excluding carboxylic acids is 2. The number of amides is 2. The van der Waals surface area contributed by atoms with Crippen molar-refractivity contribution in [3.63, 3.8) is 0 Å². The number of nitrogens with zero attached hydrogens (tertiary/aromatic N) is 1. The largest absolute Gasteiger partial charge is 0.443 e. The van der Waals surface area contributed by atoms with Crippen molar-refractivity contribution in [1.82, 2.24) is 4.90 Å². The summed E-state index contributed by atoms with van der Waals surface area (Å²) in [6, 6.07) is 6.77. The van der Waals surface area contributed by atoms with Crippen LogP contribution in [0.2, 0.25) is 0 Å². The molecule has 0 spiro atoms. The summed E-state index contributed by atoms with van der Waals surface area (Å²) in [5.41, 5.74) is -1.14. The number of hydrogen-bond donors (Lipinski definition) is 0. The summed E-state index contributed by atoms with van der Waals surface area (Å²) in [7, 11) is -3.83. The van der Waals surface area contributed by atoms with Crippen molar-refractivity contribution in [3.05, 3.63) is 34.3 Å². The highest BCUT2D eigenvalue weighted by atomic mass is 79.9. The third-order valence-electron chi connectivity index (χ3n) is 4.56. The van der Waals surface area contributed by atoms with Crippen molar-refractivity contribution >= 4 is 35.5 Å². The maximum Gasteiger partial charge on any atom is 0.417 e. The number of halogens is 1. The number of rotatable bonds is 6. The molecule has 1 aliphatic heterocycles. The second kappa shape index (κ2) is 9.29. The fourth-order valence-corrected chi connectivity index (χ4v) is 6.11. The Kier molecular flexibility index (Phi) is 7.71. The number of carbonyl (C=O) groups is 2. The van der Waals surface area contributed by atoms with Gasteiger partial charge in [-0.15, -0.1) is 0 Å². The normalized spacial score (nSPS) is 22.8. The summed E-state index contributed by atoms with van der Waals surface area (Å²) in [5, 5.41) is 0. The number of imide groups is 1. The lowest BCUT2D eigenvalue weighted by molar-refractivity contribution is -0.127. The topological polar surface area (TPSA) is 82.1 Å². The molecular formula is C20H29BrNO6P. The van der Waals surface area contributed by atoms with Gasteiger partial charge in [0.2, 0.25) is 5.91 Å². The van der Waals surface area contributed by atoms with E-state index in [1.54, 1.807) is 41.5 Å². The molecule has 0 unspecified atom stereocenters. The lowest BCUT2D eigenvalue weighted by atomic mass is 9.92. The fourth-order valence-electron chi connectivity index (χ4n) is 3.52. The minimum absolute atomic E-state index is 0.120. The molecule has 0 aromatic heterocycles. The van der Waals surface area contributed by atoms with Crippen LogP contribution in [0, 0.1) is 0 Å². The molecule has 29 heavy (non-hydrogen) atoms. The molecule has 9 heteroatoms. The van der Waals surface area contributed by atoms with Crippen LogP contribution in [0.1, 0.15) is 53.0 Å². The minimum atomic E-state index is -3.83. The van der Waals surface area contributed by atoms with Crippen LogP contribution in [0.5, 0.6) is 0 Å². The molecule has 1 fully saturated rings. The van der Waals surface area contributed by atoms with Gasteiger partial charge in [-0.25, -0.2) is 9.69 Å². The van der Waals surface area contributed by atoms with Crippen molar-refractivity contribution in [2.45, 2.75) is 64.8 Å². The standard InChI is InChI=1S/C20H29BrNO6P/c1-7-26-29(25,27-8-2)17-16(14-9-11-15(21)12-10-14)13(3)22(18(17)23)19(24)28-20(4,5)6/h9-13,16-17H,7-8H2,1-6H3/t13-,16+,17+/m1/s1. The molecule has 2 amide bonds. The van der Waals surface area contributed by atoms with Gasteiger partial charge in [0.15, 0.2) is 0 Å². The van der Waals surface area contributed by atoms with Crippen LogP contribution in [0.25, 0.3) is 0 Å². The van der Waals surface area contributed by atoms with Crippen molar-refractivity contribution in [2.24, 2.45) is 0 Å². The van der Waals surface area contributed by atoms with Crippen LogP contribution in [0.4, 0.5) is 4.79 Å². The van der Waals surface area contributed by atoms with E-state index < -0.39 is 42.8 Å². The number of likely N-dealkylation sites (tertiary alicyclic amines) is 1. The maximum atomic E-state index is 13.6. The average Bonchev–Trinajstić information content (AvgIpc) is 2.86. The zero-order valence-corrected chi connectivity index (χ0v) is 20.2. The Morgan fingerprint density at radius 2 is 1.66 bits per heavy atom.